The zero-order valence-corrected chi connectivity index (χ0v) is 20.5. The third-order valence-electron chi connectivity index (χ3n) is 4.69. The first-order chi connectivity index (χ1) is 12.9. The fourth-order valence-corrected chi connectivity index (χ4v) is 3.14. The maximum absolute atomic E-state index is 6.07. The molecule has 6 nitrogen and oxygen atoms in total. The number of nitrogens with one attached hydrogen (secondary N) is 2. The van der Waals surface area contributed by atoms with Crippen LogP contribution in [0.4, 0.5) is 0 Å². The first kappa shape index (κ1) is 25.0. The molecule has 2 rings (SSSR count). The summed E-state index contributed by atoms with van der Waals surface area (Å²) in [5, 5.41) is 6.82. The van der Waals surface area contributed by atoms with Crippen molar-refractivity contribution >= 4 is 29.9 Å². The lowest BCUT2D eigenvalue weighted by atomic mass is 10.1. The maximum atomic E-state index is 6.07. The Balaban J connectivity index is 0.00000392. The van der Waals surface area contributed by atoms with Gasteiger partial charge in [0.25, 0.3) is 0 Å². The smallest absolute Gasteiger partial charge is 0.191 e. The molecular formula is C21H38IN5O. The molecule has 0 radical (unpaired) electrons. The summed E-state index contributed by atoms with van der Waals surface area (Å²) >= 11 is 0. The Bertz CT molecular complexity index is 595. The van der Waals surface area contributed by atoms with Crippen molar-refractivity contribution in [3.63, 3.8) is 0 Å². The molecule has 2 N–H and O–H groups in total. The van der Waals surface area contributed by atoms with E-state index < -0.39 is 0 Å². The zero-order chi connectivity index (χ0) is 19.7. The summed E-state index contributed by atoms with van der Waals surface area (Å²) in [5.74, 6) is 1.74. The minimum Gasteiger partial charge on any atom is -0.488 e. The predicted octanol–water partition coefficient (Wildman–Crippen LogP) is 2.78. The summed E-state index contributed by atoms with van der Waals surface area (Å²) in [4.78, 5) is 9.36. The molecule has 0 aromatic heterocycles. The Hall–Kier alpha value is -1.06. The number of ether oxygens (including phenoxy) is 1. The quantitative estimate of drug-likeness (QED) is 0.341. The van der Waals surface area contributed by atoms with Crippen LogP contribution in [-0.2, 0) is 6.54 Å². The highest BCUT2D eigenvalue weighted by atomic mass is 127. The second kappa shape index (κ2) is 12.5. The maximum Gasteiger partial charge on any atom is 0.191 e. The third kappa shape index (κ3) is 8.96. The van der Waals surface area contributed by atoms with Crippen LogP contribution < -0.4 is 15.4 Å². The van der Waals surface area contributed by atoms with Gasteiger partial charge in [0, 0.05) is 58.4 Å². The van der Waals surface area contributed by atoms with Crippen LogP contribution in [-0.4, -0.2) is 74.2 Å². The molecule has 0 bridgehead atoms. The van der Waals surface area contributed by atoms with Crippen molar-refractivity contribution in [2.24, 2.45) is 4.99 Å². The summed E-state index contributed by atoms with van der Waals surface area (Å²) in [5.41, 5.74) is 0.920. The molecule has 7 heteroatoms. The van der Waals surface area contributed by atoms with E-state index in [0.717, 1.165) is 50.0 Å². The summed E-state index contributed by atoms with van der Waals surface area (Å²) in [7, 11) is 1.81. The minimum absolute atomic E-state index is 0. The molecule has 28 heavy (non-hydrogen) atoms. The highest BCUT2D eigenvalue weighted by molar-refractivity contribution is 14.0. The van der Waals surface area contributed by atoms with Crippen molar-refractivity contribution in [2.45, 2.75) is 39.8 Å². The second-order valence-electron chi connectivity index (χ2n) is 7.95. The van der Waals surface area contributed by atoms with E-state index >= 15 is 0 Å². The van der Waals surface area contributed by atoms with E-state index in [4.69, 9.17) is 4.74 Å². The molecule has 0 amide bonds. The highest BCUT2D eigenvalue weighted by Crippen LogP contribution is 2.22. The van der Waals surface area contributed by atoms with Gasteiger partial charge in [-0.25, -0.2) is 0 Å². The molecule has 0 spiro atoms. The van der Waals surface area contributed by atoms with Crippen molar-refractivity contribution < 1.29 is 4.74 Å². The number of piperazine rings is 1. The van der Waals surface area contributed by atoms with Crippen LogP contribution in [0.25, 0.3) is 0 Å². The van der Waals surface area contributed by atoms with Gasteiger partial charge in [-0.15, -0.1) is 24.0 Å². The molecule has 1 aliphatic rings. The topological polar surface area (TPSA) is 52.1 Å². The van der Waals surface area contributed by atoms with Crippen molar-refractivity contribution in [3.8, 4) is 5.75 Å². The number of aliphatic imine (C=N–C) groups is 1. The van der Waals surface area contributed by atoms with Gasteiger partial charge in [0.15, 0.2) is 5.96 Å². The van der Waals surface area contributed by atoms with Crippen LogP contribution in [0.1, 0.15) is 33.3 Å². The Kier molecular flexibility index (Phi) is 11.1. The van der Waals surface area contributed by atoms with E-state index in [0.29, 0.717) is 6.54 Å². The van der Waals surface area contributed by atoms with E-state index in [9.17, 15) is 0 Å². The molecule has 0 aliphatic carbocycles. The standard InChI is InChI=1S/C21H37N5O.HI/c1-6-25-13-15-26(16-14-25)12-11-23-20(22-5)24-17-18-9-7-8-10-19(18)27-21(2,3)4;/h7-10H,6,11-17H2,1-5H3,(H2,22,23,24);1H. The van der Waals surface area contributed by atoms with E-state index in [1.54, 1.807) is 0 Å². The number of benzene rings is 1. The second-order valence-corrected chi connectivity index (χ2v) is 7.95. The molecular weight excluding hydrogens is 465 g/mol. The number of halogens is 1. The van der Waals surface area contributed by atoms with Gasteiger partial charge < -0.3 is 20.3 Å². The Morgan fingerprint density at radius 2 is 1.71 bits per heavy atom. The number of guanidine groups is 1. The van der Waals surface area contributed by atoms with Gasteiger partial charge in [-0.2, -0.15) is 0 Å². The van der Waals surface area contributed by atoms with Crippen LogP contribution in [0.2, 0.25) is 0 Å². The Labute approximate surface area is 188 Å². The lowest BCUT2D eigenvalue weighted by Gasteiger charge is -2.34. The van der Waals surface area contributed by atoms with Gasteiger partial charge >= 0.3 is 0 Å². The molecule has 0 atom stereocenters. The predicted molar refractivity (Wildman–Crippen MR) is 129 cm³/mol. The lowest BCUT2D eigenvalue weighted by molar-refractivity contribution is 0.129. The molecule has 1 aliphatic heterocycles. The summed E-state index contributed by atoms with van der Waals surface area (Å²) in [6.45, 7) is 16.9. The lowest BCUT2D eigenvalue weighted by Crippen LogP contribution is -2.49. The summed E-state index contributed by atoms with van der Waals surface area (Å²) in [6, 6.07) is 8.16. The van der Waals surface area contributed by atoms with Crippen LogP contribution in [0.5, 0.6) is 5.75 Å². The molecule has 0 saturated carbocycles. The molecule has 160 valence electrons. The van der Waals surface area contributed by atoms with Crippen molar-refractivity contribution in [2.75, 3.05) is 52.9 Å². The molecule has 0 unspecified atom stereocenters. The summed E-state index contributed by atoms with van der Waals surface area (Å²) in [6.07, 6.45) is 0. The van der Waals surface area contributed by atoms with Gasteiger partial charge in [-0.05, 0) is 33.4 Å². The number of para-hydroxylation sites is 1. The van der Waals surface area contributed by atoms with Crippen molar-refractivity contribution in [1.82, 2.24) is 20.4 Å². The molecule has 1 aromatic rings. The van der Waals surface area contributed by atoms with Crippen LogP contribution in [0.3, 0.4) is 0 Å². The fraction of sp³-hybridized carbons (Fsp3) is 0.667. The van der Waals surface area contributed by atoms with Gasteiger partial charge in [0.05, 0.1) is 0 Å². The first-order valence-electron chi connectivity index (χ1n) is 10.1. The van der Waals surface area contributed by atoms with E-state index in [2.05, 4.69) is 59.2 Å². The SMILES string of the molecule is CCN1CCN(CCNC(=NC)NCc2ccccc2OC(C)(C)C)CC1.I. The van der Waals surface area contributed by atoms with E-state index in [-0.39, 0.29) is 29.6 Å². The number of rotatable bonds is 7. The third-order valence-corrected chi connectivity index (χ3v) is 4.69. The molecule has 1 fully saturated rings. The molecule has 1 aromatic carbocycles. The molecule has 1 saturated heterocycles. The minimum atomic E-state index is -0.210. The van der Waals surface area contributed by atoms with Crippen molar-refractivity contribution in [3.05, 3.63) is 29.8 Å². The van der Waals surface area contributed by atoms with Crippen molar-refractivity contribution in [1.29, 1.82) is 0 Å². The van der Waals surface area contributed by atoms with Crippen LogP contribution >= 0.6 is 24.0 Å². The first-order valence-corrected chi connectivity index (χ1v) is 10.1. The van der Waals surface area contributed by atoms with Gasteiger partial charge in [-0.3, -0.25) is 9.89 Å². The number of likely N-dealkylation sites (N-methyl/N-ethyl adjacent to an activating group) is 1. The van der Waals surface area contributed by atoms with Gasteiger partial charge in [0.2, 0.25) is 0 Å². The Morgan fingerprint density at radius 1 is 1.07 bits per heavy atom. The van der Waals surface area contributed by atoms with Gasteiger partial charge in [0.1, 0.15) is 11.4 Å². The average Bonchev–Trinajstić information content (AvgIpc) is 2.65. The van der Waals surface area contributed by atoms with Crippen LogP contribution in [0, 0.1) is 0 Å². The normalized spacial score (nSPS) is 16.4. The van der Waals surface area contributed by atoms with E-state index in [1.807, 2.05) is 25.2 Å². The number of nitrogens with zero attached hydrogens (tertiary/aromatic N) is 3. The van der Waals surface area contributed by atoms with Crippen LogP contribution in [0.15, 0.2) is 29.3 Å². The largest absolute Gasteiger partial charge is 0.488 e. The number of hydrogen-bond donors (Lipinski definition) is 2. The Morgan fingerprint density at radius 3 is 2.32 bits per heavy atom. The highest BCUT2D eigenvalue weighted by Gasteiger charge is 2.16. The summed E-state index contributed by atoms with van der Waals surface area (Å²) < 4.78 is 6.07. The molecule has 1 heterocycles. The number of hydrogen-bond acceptors (Lipinski definition) is 4. The monoisotopic (exact) mass is 503 g/mol. The fourth-order valence-electron chi connectivity index (χ4n) is 3.14. The average molecular weight is 503 g/mol. The zero-order valence-electron chi connectivity index (χ0n) is 18.1. The van der Waals surface area contributed by atoms with Gasteiger partial charge in [-0.1, -0.05) is 25.1 Å². The van der Waals surface area contributed by atoms with E-state index in [1.165, 1.54) is 13.1 Å².